The van der Waals surface area contributed by atoms with Crippen molar-refractivity contribution >= 4 is 21.7 Å². The quantitative estimate of drug-likeness (QED) is 0.823. The summed E-state index contributed by atoms with van der Waals surface area (Å²) < 4.78 is 30.2. The molecule has 0 atom stereocenters. The molecule has 0 amide bonds. The van der Waals surface area contributed by atoms with Crippen molar-refractivity contribution in [3.05, 3.63) is 34.9 Å². The third-order valence-corrected chi connectivity index (χ3v) is 4.68. The van der Waals surface area contributed by atoms with Crippen molar-refractivity contribution in [2.75, 3.05) is 25.4 Å². The van der Waals surface area contributed by atoms with Crippen molar-refractivity contribution in [3.8, 4) is 0 Å². The maximum atomic E-state index is 10.7. The Balaban J connectivity index is 1.94. The second-order valence-corrected chi connectivity index (χ2v) is 7.17. The third kappa shape index (κ3) is 4.17. The van der Waals surface area contributed by atoms with Crippen LogP contribution in [0.15, 0.2) is 24.3 Å². The van der Waals surface area contributed by atoms with E-state index >= 15 is 0 Å². The fourth-order valence-corrected chi connectivity index (χ4v) is 3.05. The molecular formula is C13H18ClNO4S. The summed E-state index contributed by atoms with van der Waals surface area (Å²) >= 11 is 5.83. The molecule has 1 aliphatic rings. The molecule has 1 saturated heterocycles. The molecule has 0 bridgehead atoms. The van der Waals surface area contributed by atoms with Crippen LogP contribution in [0.3, 0.4) is 0 Å². The Morgan fingerprint density at radius 1 is 1.20 bits per heavy atom. The van der Waals surface area contributed by atoms with Crippen LogP contribution in [0, 0.1) is 0 Å². The van der Waals surface area contributed by atoms with Crippen LogP contribution >= 0.6 is 11.6 Å². The fourth-order valence-electron chi connectivity index (χ4n) is 2.44. The smallest absolute Gasteiger partial charge is 0.266 e. The lowest BCUT2D eigenvalue weighted by atomic mass is 9.84. The minimum atomic E-state index is -3.93. The number of nitrogens with zero attached hydrogens (tertiary/aromatic N) is 1. The molecule has 1 aromatic carbocycles. The van der Waals surface area contributed by atoms with E-state index in [1.165, 1.54) is 0 Å². The lowest BCUT2D eigenvalue weighted by molar-refractivity contribution is -0.0245. The molecule has 1 aliphatic heterocycles. The van der Waals surface area contributed by atoms with E-state index in [-0.39, 0.29) is 12.3 Å². The van der Waals surface area contributed by atoms with Gasteiger partial charge in [-0.3, -0.25) is 4.55 Å². The highest BCUT2D eigenvalue weighted by Crippen LogP contribution is 2.33. The second-order valence-electron chi connectivity index (χ2n) is 5.17. The van der Waals surface area contributed by atoms with Crippen LogP contribution in [0.4, 0.5) is 0 Å². The van der Waals surface area contributed by atoms with Crippen molar-refractivity contribution < 1.29 is 18.1 Å². The lowest BCUT2D eigenvalue weighted by Crippen LogP contribution is -2.44. The highest BCUT2D eigenvalue weighted by Gasteiger charge is 2.33. The zero-order valence-electron chi connectivity index (χ0n) is 11.0. The van der Waals surface area contributed by atoms with Gasteiger partial charge < -0.3 is 10.0 Å². The molecule has 0 aliphatic carbocycles. The van der Waals surface area contributed by atoms with E-state index in [0.717, 1.165) is 5.56 Å². The molecular weight excluding hydrogens is 302 g/mol. The zero-order chi connectivity index (χ0) is 14.8. The van der Waals surface area contributed by atoms with E-state index in [0.29, 0.717) is 31.0 Å². The molecule has 7 heteroatoms. The number of likely N-dealkylation sites (tertiary alicyclic amines) is 1. The molecule has 1 aromatic rings. The van der Waals surface area contributed by atoms with Gasteiger partial charge in [0.05, 0.1) is 11.4 Å². The average molecular weight is 320 g/mol. The van der Waals surface area contributed by atoms with Crippen molar-refractivity contribution in [1.29, 1.82) is 0 Å². The number of halogens is 1. The molecule has 1 fully saturated rings. The van der Waals surface area contributed by atoms with Gasteiger partial charge in [0.15, 0.2) is 0 Å². The summed E-state index contributed by atoms with van der Waals surface area (Å²) in [5.41, 5.74) is -0.0598. The summed E-state index contributed by atoms with van der Waals surface area (Å²) in [5, 5.41) is 11.3. The van der Waals surface area contributed by atoms with Crippen molar-refractivity contribution in [2.24, 2.45) is 0 Å². The number of hydrogen-bond acceptors (Lipinski definition) is 4. The Bertz CT molecular complexity index is 550. The SMILES string of the molecule is O=S(=O)(O)CCN1CCC(O)(c2ccc(Cl)cc2)CC1. The molecule has 0 radical (unpaired) electrons. The number of benzene rings is 1. The maximum Gasteiger partial charge on any atom is 0.266 e. The van der Waals surface area contributed by atoms with E-state index < -0.39 is 15.7 Å². The third-order valence-electron chi connectivity index (χ3n) is 3.73. The second kappa shape index (κ2) is 5.99. The predicted molar refractivity (Wildman–Crippen MR) is 77.4 cm³/mol. The number of aliphatic hydroxyl groups is 1. The van der Waals surface area contributed by atoms with Gasteiger partial charge in [-0.2, -0.15) is 8.42 Å². The van der Waals surface area contributed by atoms with Gasteiger partial charge in [0.25, 0.3) is 10.1 Å². The summed E-state index contributed by atoms with van der Waals surface area (Å²) in [6, 6.07) is 7.13. The lowest BCUT2D eigenvalue weighted by Gasteiger charge is -2.38. The van der Waals surface area contributed by atoms with E-state index in [9.17, 15) is 13.5 Å². The van der Waals surface area contributed by atoms with E-state index in [1.54, 1.807) is 12.1 Å². The number of rotatable bonds is 4. The van der Waals surface area contributed by atoms with Gasteiger partial charge in [-0.15, -0.1) is 0 Å². The zero-order valence-corrected chi connectivity index (χ0v) is 12.6. The highest BCUT2D eigenvalue weighted by molar-refractivity contribution is 7.85. The van der Waals surface area contributed by atoms with Crippen molar-refractivity contribution in [1.82, 2.24) is 4.90 Å². The van der Waals surface area contributed by atoms with Gasteiger partial charge in [0.2, 0.25) is 0 Å². The molecule has 0 unspecified atom stereocenters. The topological polar surface area (TPSA) is 77.8 Å². The van der Waals surface area contributed by atoms with Gasteiger partial charge >= 0.3 is 0 Å². The summed E-state index contributed by atoms with van der Waals surface area (Å²) in [6.45, 7) is 1.47. The van der Waals surface area contributed by atoms with Crippen molar-refractivity contribution in [2.45, 2.75) is 18.4 Å². The van der Waals surface area contributed by atoms with Crippen LogP contribution < -0.4 is 0 Å². The van der Waals surface area contributed by atoms with Crippen LogP contribution in [0.5, 0.6) is 0 Å². The van der Waals surface area contributed by atoms with Crippen LogP contribution in [-0.4, -0.2) is 48.4 Å². The largest absolute Gasteiger partial charge is 0.385 e. The first kappa shape index (κ1) is 15.7. The molecule has 1 heterocycles. The van der Waals surface area contributed by atoms with Crippen LogP contribution in [0.1, 0.15) is 18.4 Å². The highest BCUT2D eigenvalue weighted by atomic mass is 35.5. The normalized spacial score (nSPS) is 19.9. The van der Waals surface area contributed by atoms with Gasteiger partial charge in [-0.1, -0.05) is 23.7 Å². The molecule has 2 rings (SSSR count). The van der Waals surface area contributed by atoms with Gasteiger partial charge in [-0.05, 0) is 30.5 Å². The first-order valence-corrected chi connectivity index (χ1v) is 8.43. The standard InChI is InChI=1S/C13H18ClNO4S/c14-12-3-1-11(2-4-12)13(16)5-7-15(8-6-13)9-10-20(17,18)19/h1-4,16H,5-10H2,(H,17,18,19). The molecule has 2 N–H and O–H groups in total. The number of piperidine rings is 1. The Labute approximate surface area is 123 Å². The molecule has 20 heavy (non-hydrogen) atoms. The van der Waals surface area contributed by atoms with Crippen LogP contribution in [0.2, 0.25) is 5.02 Å². The maximum absolute atomic E-state index is 10.7. The van der Waals surface area contributed by atoms with Crippen molar-refractivity contribution in [3.63, 3.8) is 0 Å². The Morgan fingerprint density at radius 3 is 2.25 bits per heavy atom. The molecule has 112 valence electrons. The minimum Gasteiger partial charge on any atom is -0.385 e. The first-order valence-electron chi connectivity index (χ1n) is 6.44. The van der Waals surface area contributed by atoms with Crippen LogP contribution in [0.25, 0.3) is 0 Å². The van der Waals surface area contributed by atoms with Gasteiger partial charge in [0.1, 0.15) is 0 Å². The summed E-state index contributed by atoms with van der Waals surface area (Å²) in [4.78, 5) is 1.93. The molecule has 0 saturated carbocycles. The van der Waals surface area contributed by atoms with Crippen LogP contribution in [-0.2, 0) is 15.7 Å². The van der Waals surface area contributed by atoms with E-state index in [1.807, 2.05) is 17.0 Å². The van der Waals surface area contributed by atoms with E-state index in [2.05, 4.69) is 0 Å². The Hall–Kier alpha value is -0.660. The summed E-state index contributed by atoms with van der Waals surface area (Å²) in [5.74, 6) is -0.271. The first-order chi connectivity index (χ1) is 9.28. The average Bonchev–Trinajstić information content (AvgIpc) is 2.38. The Morgan fingerprint density at radius 2 is 1.75 bits per heavy atom. The predicted octanol–water partition coefficient (Wildman–Crippen LogP) is 1.51. The fraction of sp³-hybridized carbons (Fsp3) is 0.538. The number of hydrogen-bond donors (Lipinski definition) is 2. The minimum absolute atomic E-state index is 0.271. The van der Waals surface area contributed by atoms with Gasteiger partial charge in [-0.25, -0.2) is 0 Å². The van der Waals surface area contributed by atoms with Gasteiger partial charge in [0, 0.05) is 24.7 Å². The summed E-state index contributed by atoms with van der Waals surface area (Å²) in [7, 11) is -3.93. The Kier molecular flexibility index (Phi) is 4.71. The summed E-state index contributed by atoms with van der Waals surface area (Å²) in [6.07, 6.45) is 1.06. The molecule has 0 spiro atoms. The monoisotopic (exact) mass is 319 g/mol. The van der Waals surface area contributed by atoms with E-state index in [4.69, 9.17) is 16.2 Å². The molecule has 5 nitrogen and oxygen atoms in total. The molecule has 0 aromatic heterocycles.